The van der Waals surface area contributed by atoms with Crippen molar-refractivity contribution in [1.29, 1.82) is 0 Å². The second-order valence-electron chi connectivity index (χ2n) is 17.0. The maximum absolute atomic E-state index is 16.5. The standard InChI is InChI=1S/C37H59FN4O4/c1-22(2)39-12-8-13-40-36(45)28-21-42-30-16-24-9-6-7-10-25(24)17-31(30)46-35-32(42)27(34(28)44)18-29(38)33(35)41-14-11-23(20-41)15-26(43)19-37(3,4)5/h21-25,27,29-33,35,39H,6-20H2,1-5H3,(H,40,45). The second-order valence-corrected chi connectivity index (χ2v) is 17.0. The first-order valence-electron chi connectivity index (χ1n) is 18.5. The van der Waals surface area contributed by atoms with Gasteiger partial charge in [-0.15, -0.1) is 0 Å². The van der Waals surface area contributed by atoms with Crippen molar-refractivity contribution in [2.75, 3.05) is 26.2 Å². The molecule has 2 saturated heterocycles. The molecule has 3 aliphatic heterocycles. The quantitative estimate of drug-likeness (QED) is 0.261. The number of nitrogens with zero attached hydrogens (tertiary/aromatic N) is 2. The Kier molecular flexibility index (Phi) is 10.3. The van der Waals surface area contributed by atoms with Gasteiger partial charge in [0.15, 0.2) is 5.78 Å². The smallest absolute Gasteiger partial charge is 0.256 e. The molecule has 10 unspecified atom stereocenters. The highest BCUT2D eigenvalue weighted by Gasteiger charge is 2.61. The van der Waals surface area contributed by atoms with Crippen LogP contribution < -0.4 is 10.6 Å². The normalized spacial score (nSPS) is 37.8. The molecule has 6 rings (SSSR count). The predicted molar refractivity (Wildman–Crippen MR) is 177 cm³/mol. The van der Waals surface area contributed by atoms with Crippen LogP contribution in [0.3, 0.4) is 0 Å². The van der Waals surface area contributed by atoms with Gasteiger partial charge in [-0.05, 0) is 68.4 Å². The number of morpholine rings is 1. The van der Waals surface area contributed by atoms with Crippen molar-refractivity contribution in [1.82, 2.24) is 20.4 Å². The van der Waals surface area contributed by atoms with E-state index in [2.05, 4.69) is 55.1 Å². The van der Waals surface area contributed by atoms with Crippen molar-refractivity contribution < 1.29 is 23.5 Å². The van der Waals surface area contributed by atoms with Gasteiger partial charge < -0.3 is 20.3 Å². The molecule has 8 nitrogen and oxygen atoms in total. The number of carbonyl (C=O) groups is 3. The Hall–Kier alpha value is -1.84. The molecule has 3 heterocycles. The van der Waals surface area contributed by atoms with E-state index in [-0.39, 0.29) is 59.0 Å². The van der Waals surface area contributed by atoms with Gasteiger partial charge in [-0.3, -0.25) is 19.3 Å². The number of hydrogen-bond donors (Lipinski definition) is 2. The molecule has 5 fully saturated rings. The van der Waals surface area contributed by atoms with Gasteiger partial charge in [-0.25, -0.2) is 4.39 Å². The fraction of sp³-hybridized carbons (Fsp3) is 0.865. The van der Waals surface area contributed by atoms with Crippen LogP contribution in [-0.4, -0.2) is 96.0 Å². The van der Waals surface area contributed by atoms with E-state index in [0.29, 0.717) is 43.8 Å². The van der Waals surface area contributed by atoms with Crippen LogP contribution in [0, 0.1) is 29.1 Å². The highest BCUT2D eigenvalue weighted by atomic mass is 19.1. The molecule has 46 heavy (non-hydrogen) atoms. The molecule has 2 N–H and O–H groups in total. The summed E-state index contributed by atoms with van der Waals surface area (Å²) in [5.74, 6) is 0.628. The number of ketones is 2. The number of carbonyl (C=O) groups excluding carboxylic acids is 3. The number of nitrogens with one attached hydrogen (secondary N) is 2. The zero-order valence-electron chi connectivity index (χ0n) is 28.9. The SMILES string of the molecule is CC(C)NCCCNC(=O)C1=CN2C3CC4CCCCC4CC3OC3C(N4CCC(CC(=O)CC(C)(C)C)C4)C(F)CC(C1=O)C32. The van der Waals surface area contributed by atoms with E-state index < -0.39 is 24.2 Å². The molecular weight excluding hydrogens is 583 g/mol. The van der Waals surface area contributed by atoms with E-state index in [1.807, 2.05) is 6.20 Å². The van der Waals surface area contributed by atoms with E-state index in [1.165, 1.54) is 25.7 Å². The minimum Gasteiger partial charge on any atom is -0.369 e. The Morgan fingerprint density at radius 3 is 2.50 bits per heavy atom. The first-order valence-corrected chi connectivity index (χ1v) is 18.5. The lowest BCUT2D eigenvalue weighted by Crippen LogP contribution is -2.73. The maximum atomic E-state index is 16.5. The van der Waals surface area contributed by atoms with Crippen LogP contribution in [0.1, 0.15) is 105 Å². The summed E-state index contributed by atoms with van der Waals surface area (Å²) >= 11 is 0. The molecule has 0 aromatic carbocycles. The van der Waals surface area contributed by atoms with Gasteiger partial charge in [0.2, 0.25) is 0 Å². The number of likely N-dealkylation sites (tertiary alicyclic amines) is 1. The molecule has 0 aromatic rings. The van der Waals surface area contributed by atoms with Crippen LogP contribution >= 0.6 is 0 Å². The summed E-state index contributed by atoms with van der Waals surface area (Å²) in [6, 6.07) is -0.226. The molecule has 0 bridgehead atoms. The van der Waals surface area contributed by atoms with Crippen molar-refractivity contribution >= 4 is 17.5 Å². The molecule has 9 heteroatoms. The molecule has 1 amide bonds. The van der Waals surface area contributed by atoms with Crippen LogP contribution in [0.15, 0.2) is 11.8 Å². The van der Waals surface area contributed by atoms with Gasteiger partial charge in [0, 0.05) is 44.1 Å². The number of hydrogen-bond acceptors (Lipinski definition) is 7. The van der Waals surface area contributed by atoms with Crippen molar-refractivity contribution in [3.63, 3.8) is 0 Å². The molecule has 0 radical (unpaired) electrons. The van der Waals surface area contributed by atoms with Crippen molar-refractivity contribution in [3.05, 3.63) is 11.8 Å². The molecular formula is C37H59FN4O4. The first kappa shape index (κ1) is 34.0. The molecule has 3 aliphatic carbocycles. The van der Waals surface area contributed by atoms with Gasteiger partial charge >= 0.3 is 0 Å². The van der Waals surface area contributed by atoms with Crippen molar-refractivity contribution in [3.8, 4) is 0 Å². The Balaban J connectivity index is 1.23. The number of fused-ring (bicyclic) bond motifs is 3. The van der Waals surface area contributed by atoms with Gasteiger partial charge in [0.05, 0.1) is 35.9 Å². The number of alkyl halides is 1. The van der Waals surface area contributed by atoms with E-state index in [1.54, 1.807) is 0 Å². The molecule has 10 atom stereocenters. The fourth-order valence-electron chi connectivity index (χ4n) is 9.93. The number of Topliss-reactive ketones (excluding diaryl/α,β-unsaturated/α-hetero) is 2. The Morgan fingerprint density at radius 1 is 1.04 bits per heavy atom. The Bertz CT molecular complexity index is 1170. The topological polar surface area (TPSA) is 91.0 Å². The van der Waals surface area contributed by atoms with E-state index in [9.17, 15) is 14.4 Å². The van der Waals surface area contributed by atoms with Gasteiger partial charge in [-0.2, -0.15) is 0 Å². The second kappa shape index (κ2) is 13.9. The average Bonchev–Trinajstić information content (AvgIpc) is 3.43. The Labute approximate surface area is 276 Å². The zero-order valence-corrected chi connectivity index (χ0v) is 28.9. The van der Waals surface area contributed by atoms with Crippen molar-refractivity contribution in [2.24, 2.45) is 29.1 Å². The summed E-state index contributed by atoms with van der Waals surface area (Å²) in [5.41, 5.74) is 0.153. The number of amides is 1. The number of halogens is 1. The molecule has 0 aromatic heterocycles. The highest BCUT2D eigenvalue weighted by molar-refractivity contribution is 6.20. The molecule has 258 valence electrons. The van der Waals surface area contributed by atoms with Crippen LogP contribution in [0.4, 0.5) is 4.39 Å². The highest BCUT2D eigenvalue weighted by Crippen LogP contribution is 2.51. The van der Waals surface area contributed by atoms with Gasteiger partial charge in [0.1, 0.15) is 12.0 Å². The summed E-state index contributed by atoms with van der Waals surface area (Å²) in [7, 11) is 0. The Morgan fingerprint density at radius 2 is 1.78 bits per heavy atom. The van der Waals surface area contributed by atoms with Crippen LogP contribution in [0.25, 0.3) is 0 Å². The third-order valence-electron chi connectivity index (χ3n) is 11.9. The van der Waals surface area contributed by atoms with E-state index >= 15 is 4.39 Å². The lowest BCUT2D eigenvalue weighted by molar-refractivity contribution is -0.219. The number of rotatable bonds is 10. The third kappa shape index (κ3) is 7.26. The van der Waals surface area contributed by atoms with E-state index in [0.717, 1.165) is 38.8 Å². The molecule has 6 aliphatic rings. The van der Waals surface area contributed by atoms with Crippen LogP contribution in [0.5, 0.6) is 0 Å². The largest absolute Gasteiger partial charge is 0.369 e. The van der Waals surface area contributed by atoms with Gasteiger partial charge in [-0.1, -0.05) is 60.3 Å². The average molecular weight is 643 g/mol. The maximum Gasteiger partial charge on any atom is 0.256 e. The lowest BCUT2D eigenvalue weighted by Gasteiger charge is -2.61. The third-order valence-corrected chi connectivity index (χ3v) is 11.9. The summed E-state index contributed by atoms with van der Waals surface area (Å²) in [6.45, 7) is 13.2. The van der Waals surface area contributed by atoms with E-state index in [4.69, 9.17) is 4.74 Å². The predicted octanol–water partition coefficient (Wildman–Crippen LogP) is 4.81. The summed E-state index contributed by atoms with van der Waals surface area (Å²) < 4.78 is 23.6. The zero-order chi connectivity index (χ0) is 32.7. The summed E-state index contributed by atoms with van der Waals surface area (Å²) in [5, 5.41) is 6.35. The molecule has 0 spiro atoms. The summed E-state index contributed by atoms with van der Waals surface area (Å²) in [4.78, 5) is 44.9. The minimum absolute atomic E-state index is 0.0308. The molecule has 3 saturated carbocycles. The van der Waals surface area contributed by atoms with Gasteiger partial charge in [0.25, 0.3) is 5.91 Å². The van der Waals surface area contributed by atoms with Crippen LogP contribution in [0.2, 0.25) is 0 Å². The van der Waals surface area contributed by atoms with Crippen LogP contribution in [-0.2, 0) is 19.1 Å². The number of ether oxygens (including phenoxy) is 1. The fourth-order valence-corrected chi connectivity index (χ4v) is 9.93. The first-order chi connectivity index (χ1) is 21.9. The monoisotopic (exact) mass is 642 g/mol. The van der Waals surface area contributed by atoms with Crippen molar-refractivity contribution in [2.45, 2.75) is 148 Å². The lowest BCUT2D eigenvalue weighted by atomic mass is 9.64. The summed E-state index contributed by atoms with van der Waals surface area (Å²) in [6.07, 6.45) is 10.0. The minimum atomic E-state index is -1.23.